The normalized spacial score (nSPS) is 16.5. The maximum atomic E-state index is 13.0. The second-order valence-electron chi connectivity index (χ2n) is 7.36. The lowest BCUT2D eigenvalue weighted by Gasteiger charge is -2.20. The summed E-state index contributed by atoms with van der Waals surface area (Å²) in [5.41, 5.74) is 2.46. The fourth-order valence-corrected chi connectivity index (χ4v) is 3.62. The maximum Gasteiger partial charge on any atom is 0.573 e. The number of alkyl halides is 3. The summed E-state index contributed by atoms with van der Waals surface area (Å²) in [6.45, 7) is 1.75. The van der Waals surface area contributed by atoms with Crippen LogP contribution in [0.4, 0.5) is 23.7 Å². The van der Waals surface area contributed by atoms with Crippen molar-refractivity contribution in [3.63, 3.8) is 0 Å². The van der Waals surface area contributed by atoms with Gasteiger partial charge >= 0.3 is 12.4 Å². The average molecular weight is 476 g/mol. The second kappa shape index (κ2) is 8.74. The number of anilines is 1. The van der Waals surface area contributed by atoms with E-state index in [1.165, 1.54) is 17.0 Å². The SMILES string of the molecule is CC1C(=O)N(c2ccc(OC(F)(F)F)cc2)C(=O)N1Cc1ccnc(-c2ccc(Cl)cc2)c1. The van der Waals surface area contributed by atoms with Crippen molar-refractivity contribution in [1.82, 2.24) is 9.88 Å². The number of nitrogens with zero attached hydrogens (tertiary/aromatic N) is 3. The van der Waals surface area contributed by atoms with Crippen LogP contribution in [0.15, 0.2) is 66.9 Å². The third kappa shape index (κ3) is 4.93. The number of aromatic nitrogens is 1. The Morgan fingerprint density at radius 2 is 1.70 bits per heavy atom. The molecule has 1 unspecified atom stereocenters. The zero-order valence-electron chi connectivity index (χ0n) is 17.2. The molecule has 0 spiro atoms. The number of pyridine rings is 1. The van der Waals surface area contributed by atoms with Gasteiger partial charge in [0, 0.05) is 23.3 Å². The van der Waals surface area contributed by atoms with Crippen molar-refractivity contribution in [1.29, 1.82) is 0 Å². The molecule has 2 heterocycles. The quantitative estimate of drug-likeness (QED) is 0.447. The van der Waals surface area contributed by atoms with E-state index < -0.39 is 30.1 Å². The van der Waals surface area contributed by atoms with Crippen molar-refractivity contribution in [2.45, 2.75) is 25.9 Å². The summed E-state index contributed by atoms with van der Waals surface area (Å²) < 4.78 is 41.0. The third-order valence-electron chi connectivity index (χ3n) is 5.13. The summed E-state index contributed by atoms with van der Waals surface area (Å²) in [5, 5.41) is 0.600. The average Bonchev–Trinajstić information content (AvgIpc) is 2.97. The summed E-state index contributed by atoms with van der Waals surface area (Å²) in [5.74, 6) is -0.918. The summed E-state index contributed by atoms with van der Waals surface area (Å²) in [7, 11) is 0. The van der Waals surface area contributed by atoms with Gasteiger partial charge in [0.25, 0.3) is 5.91 Å². The highest BCUT2D eigenvalue weighted by molar-refractivity contribution is 6.30. The van der Waals surface area contributed by atoms with Crippen molar-refractivity contribution < 1.29 is 27.5 Å². The van der Waals surface area contributed by atoms with Gasteiger partial charge in [-0.05, 0) is 61.0 Å². The minimum atomic E-state index is -4.83. The Hall–Kier alpha value is -3.59. The highest BCUT2D eigenvalue weighted by Crippen LogP contribution is 2.30. The molecule has 3 amide bonds. The number of hydrogen-bond acceptors (Lipinski definition) is 4. The Morgan fingerprint density at radius 1 is 1.03 bits per heavy atom. The summed E-state index contributed by atoms with van der Waals surface area (Å²) >= 11 is 5.93. The molecule has 3 aromatic rings. The number of hydrogen-bond donors (Lipinski definition) is 0. The fourth-order valence-electron chi connectivity index (χ4n) is 3.50. The molecule has 0 N–H and O–H groups in total. The lowest BCUT2D eigenvalue weighted by molar-refractivity contribution is -0.274. The van der Waals surface area contributed by atoms with Gasteiger partial charge in [-0.15, -0.1) is 13.2 Å². The maximum absolute atomic E-state index is 13.0. The zero-order chi connectivity index (χ0) is 23.8. The third-order valence-corrected chi connectivity index (χ3v) is 5.38. The largest absolute Gasteiger partial charge is 0.573 e. The molecule has 10 heteroatoms. The van der Waals surface area contributed by atoms with E-state index in [-0.39, 0.29) is 12.2 Å². The van der Waals surface area contributed by atoms with E-state index in [2.05, 4.69) is 9.72 Å². The zero-order valence-corrected chi connectivity index (χ0v) is 18.0. The first-order valence-corrected chi connectivity index (χ1v) is 10.2. The first kappa shape index (κ1) is 22.6. The highest BCUT2D eigenvalue weighted by Gasteiger charge is 2.43. The molecule has 1 saturated heterocycles. The van der Waals surface area contributed by atoms with E-state index in [1.807, 2.05) is 18.2 Å². The predicted molar refractivity (Wildman–Crippen MR) is 116 cm³/mol. The molecule has 170 valence electrons. The number of carbonyl (C=O) groups excluding carboxylic acids is 2. The number of halogens is 4. The molecule has 6 nitrogen and oxygen atoms in total. The number of carbonyl (C=O) groups is 2. The monoisotopic (exact) mass is 475 g/mol. The van der Waals surface area contributed by atoms with Crippen LogP contribution in [0.1, 0.15) is 12.5 Å². The van der Waals surface area contributed by atoms with Gasteiger partial charge in [0.15, 0.2) is 0 Å². The lowest BCUT2D eigenvalue weighted by atomic mass is 10.1. The minimum Gasteiger partial charge on any atom is -0.406 e. The Labute approximate surface area is 192 Å². The molecule has 1 fully saturated rings. The fraction of sp³-hybridized carbons (Fsp3) is 0.174. The lowest BCUT2D eigenvalue weighted by Crippen LogP contribution is -2.33. The molecular weight excluding hydrogens is 459 g/mol. The van der Waals surface area contributed by atoms with Gasteiger partial charge in [-0.1, -0.05) is 23.7 Å². The van der Waals surface area contributed by atoms with Gasteiger partial charge in [0.2, 0.25) is 0 Å². The standard InChI is InChI=1S/C23H17ClF3N3O3/c1-14-21(31)30(18-6-8-19(9-7-18)33-23(25,26)27)22(32)29(14)13-15-10-11-28-20(12-15)16-2-4-17(24)5-3-16/h2-12,14H,13H2,1H3. The minimum absolute atomic E-state index is 0.153. The Morgan fingerprint density at radius 3 is 2.33 bits per heavy atom. The van der Waals surface area contributed by atoms with Crippen LogP contribution in [0, 0.1) is 0 Å². The number of urea groups is 1. The number of imide groups is 1. The molecule has 2 aromatic carbocycles. The van der Waals surface area contributed by atoms with Crippen LogP contribution in [0.2, 0.25) is 5.02 Å². The van der Waals surface area contributed by atoms with Crippen molar-refractivity contribution in [3.8, 4) is 17.0 Å². The van der Waals surface area contributed by atoms with Crippen molar-refractivity contribution in [2.75, 3.05) is 4.90 Å². The molecule has 4 rings (SSSR count). The topological polar surface area (TPSA) is 62.7 Å². The first-order chi connectivity index (χ1) is 15.6. The Bertz CT molecular complexity index is 1180. The number of amides is 3. The number of ether oxygens (including phenoxy) is 1. The van der Waals surface area contributed by atoms with Gasteiger partial charge in [-0.3, -0.25) is 9.78 Å². The molecule has 0 saturated carbocycles. The predicted octanol–water partition coefficient (Wildman–Crippen LogP) is 5.66. The first-order valence-electron chi connectivity index (χ1n) is 9.83. The summed E-state index contributed by atoms with van der Waals surface area (Å²) in [6, 6.07) is 14.0. The molecule has 1 atom stereocenters. The van der Waals surface area contributed by atoms with Crippen LogP contribution < -0.4 is 9.64 Å². The Kier molecular flexibility index (Phi) is 5.99. The van der Waals surface area contributed by atoms with E-state index in [1.54, 1.807) is 31.3 Å². The smallest absolute Gasteiger partial charge is 0.406 e. The summed E-state index contributed by atoms with van der Waals surface area (Å²) in [4.78, 5) is 32.5. The van der Waals surface area contributed by atoms with E-state index in [4.69, 9.17) is 11.6 Å². The van der Waals surface area contributed by atoms with E-state index in [0.717, 1.165) is 28.2 Å². The Balaban J connectivity index is 1.53. The molecule has 33 heavy (non-hydrogen) atoms. The van der Waals surface area contributed by atoms with Gasteiger partial charge in [-0.2, -0.15) is 0 Å². The number of rotatable bonds is 5. The van der Waals surface area contributed by atoms with Crippen molar-refractivity contribution >= 4 is 29.2 Å². The molecule has 1 aliphatic heterocycles. The van der Waals surface area contributed by atoms with Gasteiger partial charge in [0.05, 0.1) is 11.4 Å². The van der Waals surface area contributed by atoms with Gasteiger partial charge in [-0.25, -0.2) is 9.69 Å². The van der Waals surface area contributed by atoms with Crippen LogP contribution in [0.5, 0.6) is 5.75 Å². The molecule has 0 bridgehead atoms. The second-order valence-corrected chi connectivity index (χ2v) is 7.79. The molecular formula is C23H17ClF3N3O3. The van der Waals surface area contributed by atoms with Crippen LogP contribution in [-0.4, -0.2) is 34.2 Å². The van der Waals surface area contributed by atoms with Crippen LogP contribution in [0.25, 0.3) is 11.3 Å². The van der Waals surface area contributed by atoms with Crippen molar-refractivity contribution in [2.24, 2.45) is 0 Å². The van der Waals surface area contributed by atoms with E-state index in [0.29, 0.717) is 10.7 Å². The van der Waals surface area contributed by atoms with Crippen LogP contribution in [0.3, 0.4) is 0 Å². The molecule has 0 aliphatic carbocycles. The van der Waals surface area contributed by atoms with Crippen molar-refractivity contribution in [3.05, 3.63) is 77.4 Å². The van der Waals surface area contributed by atoms with Crippen LogP contribution in [-0.2, 0) is 11.3 Å². The van der Waals surface area contributed by atoms with Gasteiger partial charge < -0.3 is 9.64 Å². The molecule has 0 radical (unpaired) electrons. The molecule has 1 aromatic heterocycles. The highest BCUT2D eigenvalue weighted by atomic mass is 35.5. The number of benzene rings is 2. The van der Waals surface area contributed by atoms with Gasteiger partial charge in [0.1, 0.15) is 11.8 Å². The van der Waals surface area contributed by atoms with Crippen LogP contribution >= 0.6 is 11.6 Å². The summed E-state index contributed by atoms with van der Waals surface area (Å²) in [6.07, 6.45) is -3.22. The van der Waals surface area contributed by atoms with E-state index >= 15 is 0 Å². The van der Waals surface area contributed by atoms with E-state index in [9.17, 15) is 22.8 Å². The molecule has 1 aliphatic rings.